The number of amides is 4. The Morgan fingerprint density at radius 2 is 1.86 bits per heavy atom. The first-order valence-corrected chi connectivity index (χ1v) is 12.5. The van der Waals surface area contributed by atoms with Gasteiger partial charge in [0.2, 0.25) is 5.91 Å². The van der Waals surface area contributed by atoms with Gasteiger partial charge in [-0.25, -0.2) is 9.18 Å². The Labute approximate surface area is 215 Å². The summed E-state index contributed by atoms with van der Waals surface area (Å²) < 4.78 is 14.0. The maximum absolute atomic E-state index is 14.0. The topological polar surface area (TPSA) is 82.6 Å². The SMILES string of the molecule is CC(c1cccc(F)c1)N(Cc1cnc2cc3c(cc2c1)CC1(C3)C(=O)NC(=O)N1C)C(=O)C(C)(C)C. The molecule has 1 aliphatic carbocycles. The number of aromatic nitrogens is 1. The van der Waals surface area contributed by atoms with Gasteiger partial charge in [0.15, 0.2) is 0 Å². The van der Waals surface area contributed by atoms with E-state index in [1.807, 2.05) is 52.0 Å². The molecule has 1 aliphatic heterocycles. The van der Waals surface area contributed by atoms with E-state index in [0.29, 0.717) is 19.4 Å². The number of hydrogen-bond donors (Lipinski definition) is 1. The van der Waals surface area contributed by atoms with Crippen molar-refractivity contribution in [1.29, 1.82) is 0 Å². The van der Waals surface area contributed by atoms with Gasteiger partial charge in [-0.05, 0) is 59.5 Å². The van der Waals surface area contributed by atoms with Crippen LogP contribution >= 0.6 is 0 Å². The Morgan fingerprint density at radius 1 is 1.16 bits per heavy atom. The largest absolute Gasteiger partial charge is 0.331 e. The fraction of sp³-hybridized carbons (Fsp3) is 0.379. The van der Waals surface area contributed by atoms with E-state index in [1.165, 1.54) is 17.0 Å². The molecule has 1 saturated heterocycles. The molecule has 0 bridgehead atoms. The van der Waals surface area contributed by atoms with Crippen LogP contribution in [0.2, 0.25) is 0 Å². The first-order chi connectivity index (χ1) is 17.4. The number of urea groups is 1. The Kier molecular flexibility index (Phi) is 5.81. The summed E-state index contributed by atoms with van der Waals surface area (Å²) in [4.78, 5) is 46.2. The number of rotatable bonds is 4. The molecule has 192 valence electrons. The molecule has 1 N–H and O–H groups in total. The fourth-order valence-electron chi connectivity index (χ4n) is 5.42. The number of carbonyl (C=O) groups excluding carboxylic acids is 3. The van der Waals surface area contributed by atoms with E-state index in [2.05, 4.69) is 10.3 Å². The van der Waals surface area contributed by atoms with Crippen LogP contribution in [-0.4, -0.2) is 45.2 Å². The summed E-state index contributed by atoms with van der Waals surface area (Å²) in [6.45, 7) is 7.85. The molecule has 4 amide bonds. The molecule has 2 aromatic carbocycles. The van der Waals surface area contributed by atoms with Crippen LogP contribution in [0.15, 0.2) is 48.7 Å². The molecule has 37 heavy (non-hydrogen) atoms. The molecule has 5 rings (SSSR count). The van der Waals surface area contributed by atoms with E-state index in [0.717, 1.165) is 33.2 Å². The molecule has 2 unspecified atom stereocenters. The second-order valence-corrected chi connectivity index (χ2v) is 11.3. The second-order valence-electron chi connectivity index (χ2n) is 11.3. The zero-order valence-corrected chi connectivity index (χ0v) is 21.8. The average molecular weight is 503 g/mol. The van der Waals surface area contributed by atoms with Crippen LogP contribution in [-0.2, 0) is 29.0 Å². The lowest BCUT2D eigenvalue weighted by atomic mass is 9.92. The quantitative estimate of drug-likeness (QED) is 0.532. The summed E-state index contributed by atoms with van der Waals surface area (Å²) in [6.07, 6.45) is 2.66. The van der Waals surface area contributed by atoms with Crippen LogP contribution < -0.4 is 5.32 Å². The number of carbonyl (C=O) groups is 3. The summed E-state index contributed by atoms with van der Waals surface area (Å²) in [6, 6.07) is 11.7. The van der Waals surface area contributed by atoms with Crippen molar-refractivity contribution in [3.05, 3.63) is 76.7 Å². The van der Waals surface area contributed by atoms with Gasteiger partial charge in [-0.3, -0.25) is 19.9 Å². The van der Waals surface area contributed by atoms with Crippen LogP contribution in [0, 0.1) is 11.2 Å². The maximum atomic E-state index is 14.0. The van der Waals surface area contributed by atoms with Crippen LogP contribution in [0.5, 0.6) is 0 Å². The molecule has 1 fully saturated rings. The number of hydrogen-bond acceptors (Lipinski definition) is 4. The Hall–Kier alpha value is -3.81. The van der Waals surface area contributed by atoms with E-state index >= 15 is 0 Å². The van der Waals surface area contributed by atoms with Gasteiger partial charge in [0.1, 0.15) is 11.4 Å². The summed E-state index contributed by atoms with van der Waals surface area (Å²) >= 11 is 0. The minimum atomic E-state index is -0.893. The van der Waals surface area contributed by atoms with Gasteiger partial charge >= 0.3 is 6.03 Å². The summed E-state index contributed by atoms with van der Waals surface area (Å²) in [7, 11) is 1.66. The molecule has 2 atom stereocenters. The van der Waals surface area contributed by atoms with Crippen LogP contribution in [0.3, 0.4) is 0 Å². The van der Waals surface area contributed by atoms with Gasteiger partial charge in [0.05, 0.1) is 11.6 Å². The van der Waals surface area contributed by atoms with Crippen molar-refractivity contribution in [2.24, 2.45) is 5.41 Å². The highest BCUT2D eigenvalue weighted by atomic mass is 19.1. The van der Waals surface area contributed by atoms with Gasteiger partial charge in [-0.2, -0.15) is 0 Å². The molecule has 2 aliphatic rings. The highest BCUT2D eigenvalue weighted by Crippen LogP contribution is 2.39. The van der Waals surface area contributed by atoms with Crippen molar-refractivity contribution >= 4 is 28.7 Å². The van der Waals surface area contributed by atoms with E-state index in [9.17, 15) is 18.8 Å². The van der Waals surface area contributed by atoms with Gasteiger partial charge in [-0.1, -0.05) is 32.9 Å². The van der Waals surface area contributed by atoms with Gasteiger partial charge in [0.25, 0.3) is 5.91 Å². The van der Waals surface area contributed by atoms with Crippen LogP contribution in [0.1, 0.15) is 56.0 Å². The van der Waals surface area contributed by atoms with Crippen LogP contribution in [0.25, 0.3) is 10.9 Å². The predicted molar refractivity (Wildman–Crippen MR) is 138 cm³/mol. The number of pyridine rings is 1. The van der Waals surface area contributed by atoms with Gasteiger partial charge < -0.3 is 9.80 Å². The molecular weight excluding hydrogens is 471 g/mol. The highest BCUT2D eigenvalue weighted by Gasteiger charge is 2.54. The van der Waals surface area contributed by atoms with Crippen molar-refractivity contribution in [3.63, 3.8) is 0 Å². The number of halogens is 1. The molecule has 3 aromatic rings. The third kappa shape index (κ3) is 4.24. The lowest BCUT2D eigenvalue weighted by molar-refractivity contribution is -0.142. The number of likely N-dealkylation sites (N-methyl/N-ethyl adjacent to an activating group) is 1. The van der Waals surface area contributed by atoms with Crippen molar-refractivity contribution in [2.75, 3.05) is 7.05 Å². The zero-order valence-electron chi connectivity index (χ0n) is 21.8. The number of benzene rings is 2. The smallest absolute Gasteiger partial charge is 0.324 e. The molecular formula is C29H31FN4O3. The molecule has 7 nitrogen and oxygen atoms in total. The van der Waals surface area contributed by atoms with Gasteiger partial charge in [-0.15, -0.1) is 0 Å². The molecule has 8 heteroatoms. The minimum absolute atomic E-state index is 0.0415. The zero-order chi connectivity index (χ0) is 26.7. The van der Waals surface area contributed by atoms with Crippen LogP contribution in [0.4, 0.5) is 9.18 Å². The molecule has 0 saturated carbocycles. The van der Waals surface area contributed by atoms with E-state index in [-0.39, 0.29) is 29.7 Å². The molecule has 2 heterocycles. The average Bonchev–Trinajstić information content (AvgIpc) is 3.31. The standard InChI is InChI=1S/C29H31FN4O3/c1-17(19-7-6-8-23(30)11-19)34(26(36)28(2,3)4)16-18-9-20-10-21-13-29(25(35)32-27(37)33(29)5)14-22(21)12-24(20)31-15-18/h6-12,15,17H,13-14,16H2,1-5H3,(H,32,35,37). The third-order valence-electron chi connectivity index (χ3n) is 7.67. The van der Waals surface area contributed by atoms with E-state index < -0.39 is 11.0 Å². The number of imide groups is 1. The van der Waals surface area contributed by atoms with Crippen molar-refractivity contribution in [3.8, 4) is 0 Å². The Balaban J connectivity index is 1.47. The number of nitrogens with one attached hydrogen (secondary N) is 1. The maximum Gasteiger partial charge on any atom is 0.324 e. The lowest BCUT2D eigenvalue weighted by Gasteiger charge is -2.35. The predicted octanol–water partition coefficient (Wildman–Crippen LogP) is 4.53. The third-order valence-corrected chi connectivity index (χ3v) is 7.67. The first-order valence-electron chi connectivity index (χ1n) is 12.5. The molecule has 1 spiro atoms. The highest BCUT2D eigenvalue weighted by molar-refractivity contribution is 6.08. The first kappa shape index (κ1) is 24.9. The summed E-state index contributed by atoms with van der Waals surface area (Å²) in [5.41, 5.74) is 2.88. The lowest BCUT2D eigenvalue weighted by Crippen LogP contribution is -2.48. The monoisotopic (exact) mass is 502 g/mol. The Morgan fingerprint density at radius 3 is 2.49 bits per heavy atom. The van der Waals surface area contributed by atoms with Gasteiger partial charge in [0, 0.05) is 43.4 Å². The summed E-state index contributed by atoms with van der Waals surface area (Å²) in [5.74, 6) is -0.647. The van der Waals surface area contributed by atoms with Crippen molar-refractivity contribution < 1.29 is 18.8 Å². The minimum Gasteiger partial charge on any atom is -0.331 e. The second kappa shape index (κ2) is 8.64. The van der Waals surface area contributed by atoms with E-state index in [4.69, 9.17) is 0 Å². The van der Waals surface area contributed by atoms with Crippen molar-refractivity contribution in [1.82, 2.24) is 20.1 Å². The molecule has 1 aromatic heterocycles. The number of nitrogens with zero attached hydrogens (tertiary/aromatic N) is 3. The fourth-order valence-corrected chi connectivity index (χ4v) is 5.42. The molecule has 0 radical (unpaired) electrons. The van der Waals surface area contributed by atoms with Crippen molar-refractivity contribution in [2.45, 2.75) is 58.7 Å². The Bertz CT molecular complexity index is 1450. The summed E-state index contributed by atoms with van der Waals surface area (Å²) in [5, 5.41) is 3.33. The normalized spacial score (nSPS) is 19.9. The van der Waals surface area contributed by atoms with E-state index in [1.54, 1.807) is 24.2 Å². The number of fused-ring (bicyclic) bond motifs is 2.